The Kier molecular flexibility index (Phi) is 4.47. The number of nitrogen functional groups attached to an aromatic ring is 1. The van der Waals surface area contributed by atoms with Gasteiger partial charge in [-0.3, -0.25) is 4.79 Å². The molecule has 0 fully saturated rings. The molecule has 118 valence electrons. The lowest BCUT2D eigenvalue weighted by Gasteiger charge is -2.06. The zero-order chi connectivity index (χ0) is 16.2. The molecule has 0 spiro atoms. The van der Waals surface area contributed by atoms with E-state index in [0.717, 1.165) is 28.0 Å². The van der Waals surface area contributed by atoms with E-state index >= 15 is 0 Å². The standard InChI is InChI=1S/C16H16N4O2S/c1-2-14-18-10(9-23-14)7-15(21)22-8-13-19-12-6-4-3-5-11(12)16(17)20-13/h3-6,9H,2,7-8H2,1H3,(H2,17,19,20). The first-order valence-corrected chi connectivity index (χ1v) is 8.13. The molecule has 0 amide bonds. The van der Waals surface area contributed by atoms with Crippen LogP contribution in [0.2, 0.25) is 0 Å². The van der Waals surface area contributed by atoms with Crippen LogP contribution in [0.15, 0.2) is 29.6 Å². The molecule has 2 heterocycles. The number of para-hydroxylation sites is 1. The molecule has 0 aliphatic carbocycles. The van der Waals surface area contributed by atoms with Crippen LogP contribution in [0.3, 0.4) is 0 Å². The number of rotatable bonds is 5. The van der Waals surface area contributed by atoms with Gasteiger partial charge in [0.05, 0.1) is 22.6 Å². The molecule has 23 heavy (non-hydrogen) atoms. The summed E-state index contributed by atoms with van der Waals surface area (Å²) in [6.07, 6.45) is 1.02. The summed E-state index contributed by atoms with van der Waals surface area (Å²) < 4.78 is 5.22. The monoisotopic (exact) mass is 328 g/mol. The van der Waals surface area contributed by atoms with E-state index in [1.807, 2.05) is 36.6 Å². The van der Waals surface area contributed by atoms with E-state index in [4.69, 9.17) is 10.5 Å². The zero-order valence-electron chi connectivity index (χ0n) is 12.7. The number of hydrogen-bond donors (Lipinski definition) is 1. The number of esters is 1. The van der Waals surface area contributed by atoms with Gasteiger partial charge in [0.25, 0.3) is 0 Å². The van der Waals surface area contributed by atoms with E-state index in [2.05, 4.69) is 15.0 Å². The fraction of sp³-hybridized carbons (Fsp3) is 0.250. The summed E-state index contributed by atoms with van der Waals surface area (Å²) >= 11 is 1.55. The summed E-state index contributed by atoms with van der Waals surface area (Å²) in [6, 6.07) is 7.45. The van der Waals surface area contributed by atoms with Crippen LogP contribution in [0.5, 0.6) is 0 Å². The Bertz CT molecular complexity index is 847. The number of ether oxygens (including phenoxy) is 1. The Hall–Kier alpha value is -2.54. The number of anilines is 1. The summed E-state index contributed by atoms with van der Waals surface area (Å²) in [4.78, 5) is 24.8. The average molecular weight is 328 g/mol. The number of aromatic nitrogens is 3. The Morgan fingerprint density at radius 3 is 2.87 bits per heavy atom. The molecule has 0 saturated heterocycles. The molecule has 0 aliphatic rings. The first-order chi connectivity index (χ1) is 11.2. The second kappa shape index (κ2) is 6.70. The summed E-state index contributed by atoms with van der Waals surface area (Å²) in [5.41, 5.74) is 7.37. The molecule has 0 bridgehead atoms. The van der Waals surface area contributed by atoms with Crippen molar-refractivity contribution in [3.63, 3.8) is 0 Å². The van der Waals surface area contributed by atoms with E-state index in [0.29, 0.717) is 11.6 Å². The van der Waals surface area contributed by atoms with Crippen LogP contribution in [0.1, 0.15) is 23.4 Å². The van der Waals surface area contributed by atoms with Crippen molar-refractivity contribution in [1.82, 2.24) is 15.0 Å². The highest BCUT2D eigenvalue weighted by atomic mass is 32.1. The molecule has 3 aromatic rings. The highest BCUT2D eigenvalue weighted by Gasteiger charge is 2.11. The van der Waals surface area contributed by atoms with E-state index < -0.39 is 0 Å². The van der Waals surface area contributed by atoms with Gasteiger partial charge in [0.15, 0.2) is 12.4 Å². The molecular weight excluding hydrogens is 312 g/mol. The van der Waals surface area contributed by atoms with E-state index in [1.165, 1.54) is 0 Å². The van der Waals surface area contributed by atoms with Crippen LogP contribution in [-0.2, 0) is 29.0 Å². The van der Waals surface area contributed by atoms with E-state index in [1.54, 1.807) is 11.3 Å². The molecule has 0 saturated carbocycles. The Morgan fingerprint density at radius 1 is 1.26 bits per heavy atom. The molecule has 0 unspecified atom stereocenters. The molecule has 2 aromatic heterocycles. The number of hydrogen-bond acceptors (Lipinski definition) is 7. The van der Waals surface area contributed by atoms with Crippen LogP contribution in [0.4, 0.5) is 5.82 Å². The third-order valence-corrected chi connectivity index (χ3v) is 4.31. The Labute approximate surface area is 137 Å². The van der Waals surface area contributed by atoms with Crippen molar-refractivity contribution in [2.24, 2.45) is 0 Å². The lowest BCUT2D eigenvalue weighted by atomic mass is 10.2. The van der Waals surface area contributed by atoms with Gasteiger partial charge < -0.3 is 10.5 Å². The SMILES string of the molecule is CCc1nc(CC(=O)OCc2nc(N)c3ccccc3n2)cs1. The highest BCUT2D eigenvalue weighted by Crippen LogP contribution is 2.17. The van der Waals surface area contributed by atoms with Gasteiger partial charge in [-0.1, -0.05) is 19.1 Å². The maximum absolute atomic E-state index is 11.9. The molecule has 1 aromatic carbocycles. The molecule has 0 aliphatic heterocycles. The lowest BCUT2D eigenvalue weighted by molar-refractivity contribution is -0.144. The van der Waals surface area contributed by atoms with Gasteiger partial charge in [0.2, 0.25) is 0 Å². The maximum Gasteiger partial charge on any atom is 0.312 e. The van der Waals surface area contributed by atoms with Crippen molar-refractivity contribution >= 4 is 34.0 Å². The quantitative estimate of drug-likeness (QED) is 0.724. The molecule has 0 atom stereocenters. The molecule has 0 radical (unpaired) electrons. The Morgan fingerprint density at radius 2 is 2.09 bits per heavy atom. The minimum atomic E-state index is -0.353. The maximum atomic E-state index is 11.9. The van der Waals surface area contributed by atoms with Crippen LogP contribution in [0.25, 0.3) is 10.9 Å². The first kappa shape index (κ1) is 15.4. The van der Waals surface area contributed by atoms with Gasteiger partial charge in [-0.2, -0.15) is 0 Å². The predicted octanol–water partition coefficient (Wildman–Crippen LogP) is 2.52. The number of carbonyl (C=O) groups excluding carboxylic acids is 1. The van der Waals surface area contributed by atoms with Crippen molar-refractivity contribution in [2.45, 2.75) is 26.4 Å². The number of thiazole rings is 1. The molecule has 2 N–H and O–H groups in total. The average Bonchev–Trinajstić information content (AvgIpc) is 3.00. The minimum Gasteiger partial charge on any atom is -0.457 e. The van der Waals surface area contributed by atoms with Crippen LogP contribution in [0, 0.1) is 0 Å². The third-order valence-electron chi connectivity index (χ3n) is 3.27. The summed E-state index contributed by atoms with van der Waals surface area (Å²) in [7, 11) is 0. The first-order valence-electron chi connectivity index (χ1n) is 7.25. The Balaban J connectivity index is 1.64. The molecule has 3 rings (SSSR count). The van der Waals surface area contributed by atoms with Gasteiger partial charge in [0, 0.05) is 10.8 Å². The number of nitrogens with two attached hydrogens (primary N) is 1. The number of aryl methyl sites for hydroxylation is 1. The lowest BCUT2D eigenvalue weighted by Crippen LogP contribution is -2.11. The summed E-state index contributed by atoms with van der Waals surface area (Å²) in [6.45, 7) is 2.03. The van der Waals surface area contributed by atoms with Crippen molar-refractivity contribution in [1.29, 1.82) is 0 Å². The number of fused-ring (bicyclic) bond motifs is 1. The highest BCUT2D eigenvalue weighted by molar-refractivity contribution is 7.09. The van der Waals surface area contributed by atoms with Gasteiger partial charge in [-0.15, -0.1) is 11.3 Å². The molecular formula is C16H16N4O2S. The van der Waals surface area contributed by atoms with Crippen molar-refractivity contribution < 1.29 is 9.53 Å². The third kappa shape index (κ3) is 3.62. The van der Waals surface area contributed by atoms with E-state index in [-0.39, 0.29) is 19.0 Å². The van der Waals surface area contributed by atoms with Crippen molar-refractivity contribution in [2.75, 3.05) is 5.73 Å². The van der Waals surface area contributed by atoms with Gasteiger partial charge in [0.1, 0.15) is 5.82 Å². The fourth-order valence-electron chi connectivity index (χ4n) is 2.15. The second-order valence-corrected chi connectivity index (χ2v) is 5.91. The molecule has 7 heteroatoms. The number of carbonyl (C=O) groups is 1. The number of nitrogens with zero attached hydrogens (tertiary/aromatic N) is 3. The van der Waals surface area contributed by atoms with Gasteiger partial charge >= 0.3 is 5.97 Å². The smallest absolute Gasteiger partial charge is 0.312 e. The van der Waals surface area contributed by atoms with Crippen molar-refractivity contribution in [3.05, 3.63) is 46.2 Å². The fourth-order valence-corrected chi connectivity index (χ4v) is 2.90. The van der Waals surface area contributed by atoms with Crippen molar-refractivity contribution in [3.8, 4) is 0 Å². The van der Waals surface area contributed by atoms with Crippen LogP contribution < -0.4 is 5.73 Å². The zero-order valence-corrected chi connectivity index (χ0v) is 13.5. The summed E-state index contributed by atoms with van der Waals surface area (Å²) in [5, 5.41) is 3.68. The second-order valence-electron chi connectivity index (χ2n) is 4.97. The topological polar surface area (TPSA) is 91.0 Å². The van der Waals surface area contributed by atoms with Gasteiger partial charge in [-0.25, -0.2) is 15.0 Å². The summed E-state index contributed by atoms with van der Waals surface area (Å²) in [5.74, 6) is 0.420. The van der Waals surface area contributed by atoms with Crippen LogP contribution >= 0.6 is 11.3 Å². The molecule has 6 nitrogen and oxygen atoms in total. The minimum absolute atomic E-state index is 0.00135. The number of benzene rings is 1. The van der Waals surface area contributed by atoms with Gasteiger partial charge in [-0.05, 0) is 18.6 Å². The predicted molar refractivity (Wildman–Crippen MR) is 88.9 cm³/mol. The largest absolute Gasteiger partial charge is 0.457 e. The normalized spacial score (nSPS) is 10.8. The van der Waals surface area contributed by atoms with E-state index in [9.17, 15) is 4.79 Å². The van der Waals surface area contributed by atoms with Crippen LogP contribution in [-0.4, -0.2) is 20.9 Å².